The maximum Gasteiger partial charge on any atom is 0.295 e. The van der Waals surface area contributed by atoms with Crippen LogP contribution >= 0.6 is 0 Å². The van der Waals surface area contributed by atoms with Crippen molar-refractivity contribution in [1.82, 2.24) is 0 Å². The highest BCUT2D eigenvalue weighted by Gasteiger charge is 2.31. The van der Waals surface area contributed by atoms with Gasteiger partial charge < -0.3 is 14.4 Å². The predicted octanol–water partition coefficient (Wildman–Crippen LogP) is 7.17. The zero-order valence-corrected chi connectivity index (χ0v) is 27.7. The maximum absolute atomic E-state index is 12.9. The van der Waals surface area contributed by atoms with E-state index in [2.05, 4.69) is 0 Å². The van der Waals surface area contributed by atoms with Gasteiger partial charge in [-0.3, -0.25) is 13.9 Å². The van der Waals surface area contributed by atoms with Crippen molar-refractivity contribution in [1.29, 1.82) is 0 Å². The molecule has 10 nitrogen and oxygen atoms in total. The van der Waals surface area contributed by atoms with Crippen molar-refractivity contribution in [3.05, 3.63) is 130 Å². The van der Waals surface area contributed by atoms with Gasteiger partial charge in [0.2, 0.25) is 0 Å². The number of anilines is 1. The lowest BCUT2D eigenvalue weighted by molar-refractivity contribution is 0.473. The van der Waals surface area contributed by atoms with Gasteiger partial charge in [-0.15, -0.1) is 0 Å². The normalized spacial score (nSPS) is 12.4. The van der Waals surface area contributed by atoms with Crippen LogP contribution in [0.2, 0.25) is 0 Å². The summed E-state index contributed by atoms with van der Waals surface area (Å²) in [6.45, 7) is 0. The van der Waals surface area contributed by atoms with Gasteiger partial charge in [0.15, 0.2) is 5.43 Å². The first-order valence-electron chi connectivity index (χ1n) is 14.7. The third-order valence-corrected chi connectivity index (χ3v) is 9.61. The lowest BCUT2D eigenvalue weighted by atomic mass is 9.93. The maximum atomic E-state index is 12.9. The van der Waals surface area contributed by atoms with E-state index in [0.29, 0.717) is 5.56 Å². The Hall–Kier alpha value is -5.53. The Kier molecular flexibility index (Phi) is 8.73. The van der Waals surface area contributed by atoms with Gasteiger partial charge in [0.05, 0.1) is 0 Å². The average Bonchev–Trinajstić information content (AvgIpc) is 3.04. The molecule has 4 aromatic rings. The Morgan fingerprint density at radius 2 is 1.12 bits per heavy atom. The van der Waals surface area contributed by atoms with E-state index in [1.165, 1.54) is 36.4 Å². The minimum atomic E-state index is -5.13. The van der Waals surface area contributed by atoms with Crippen molar-refractivity contribution >= 4 is 61.2 Å². The van der Waals surface area contributed by atoms with Gasteiger partial charge in [-0.05, 0) is 70.8 Å². The van der Waals surface area contributed by atoms with E-state index in [4.69, 9.17) is 4.42 Å². The number of fused-ring (bicyclic) bond motifs is 2. The van der Waals surface area contributed by atoms with Crippen molar-refractivity contribution in [3.8, 4) is 28.2 Å². The molecular weight excluding hydrogens is 667 g/mol. The van der Waals surface area contributed by atoms with Crippen LogP contribution in [0.3, 0.4) is 0 Å². The summed E-state index contributed by atoms with van der Waals surface area (Å²) in [4.78, 5) is 12.6. The first kappa shape index (κ1) is 33.4. The highest BCUT2D eigenvalue weighted by molar-refractivity contribution is 7.87. The monoisotopic (exact) mass is 695 g/mol. The number of phenols is 1. The fraction of sp³-hybridized carbons (Fsp3) is 0.0541. The quantitative estimate of drug-likeness (QED) is 0.0845. The smallest absolute Gasteiger partial charge is 0.295 e. The first-order valence-corrected chi connectivity index (χ1v) is 17.6. The van der Waals surface area contributed by atoms with Crippen molar-refractivity contribution in [2.24, 2.45) is 0 Å². The summed E-state index contributed by atoms with van der Waals surface area (Å²) in [6, 6.07) is 25.1. The molecule has 0 amide bonds. The lowest BCUT2D eigenvalue weighted by Crippen LogP contribution is -2.10. The van der Waals surface area contributed by atoms with Crippen molar-refractivity contribution in [2.75, 3.05) is 19.0 Å². The summed E-state index contributed by atoms with van der Waals surface area (Å²) in [5.74, 6) is -0.267. The van der Waals surface area contributed by atoms with E-state index in [0.717, 1.165) is 35.0 Å². The van der Waals surface area contributed by atoms with Gasteiger partial charge in [-0.25, -0.2) is 0 Å². The first-order chi connectivity index (χ1) is 23.2. The fourth-order valence-corrected chi connectivity index (χ4v) is 7.05. The summed E-state index contributed by atoms with van der Waals surface area (Å²) in [6.07, 6.45) is 7.00. The molecule has 1 heterocycles. The molecule has 1 aliphatic heterocycles. The predicted molar refractivity (Wildman–Crippen MR) is 191 cm³/mol. The number of hydrogen-bond acceptors (Lipinski definition) is 8. The summed E-state index contributed by atoms with van der Waals surface area (Å²) in [5, 5.41) is 10.2. The molecule has 1 aliphatic carbocycles. The summed E-state index contributed by atoms with van der Waals surface area (Å²) in [5.41, 5.74) is 2.84. The van der Waals surface area contributed by atoms with Crippen LogP contribution in [0.15, 0.2) is 116 Å². The largest absolute Gasteiger partial charge is 0.508 e. The standard InChI is InChI=1S/C37H29NO9S2/c1-38(2)27-13-11-25(12-14-27)8-7-23-3-5-24(6-4-23)9-10-26-19-34(48(41,42)43)37(35(20-26)49(44,45)46)36-30-17-15-28(39)21-32(30)47-33-22-29(40)16-18-31(33)36/h3-22,39H,1-2H3,(H,41,42,43)(H,44,45,46)/b8-7+,10-9+. The summed E-state index contributed by atoms with van der Waals surface area (Å²) in [7, 11) is -6.31. The SMILES string of the molecule is CN(C)c1ccc(/C=C/c2ccc(/C=C/c3cc(S(=O)(=O)O)c(-c4c5ccc(=O)cc-5oc5cc(O)ccc45)c(S(=O)(=O)O)c3)cc2)cc1. The summed E-state index contributed by atoms with van der Waals surface area (Å²) >= 11 is 0. The Labute approximate surface area is 282 Å². The number of hydrogen-bond donors (Lipinski definition) is 3. The molecule has 0 fully saturated rings. The van der Waals surface area contributed by atoms with E-state index in [-0.39, 0.29) is 39.2 Å². The zero-order valence-electron chi connectivity index (χ0n) is 26.1. The van der Waals surface area contributed by atoms with Gasteiger partial charge in [0.1, 0.15) is 26.9 Å². The number of aromatic hydroxyl groups is 1. The Balaban J connectivity index is 1.44. The second kappa shape index (κ2) is 12.8. The third-order valence-electron chi connectivity index (χ3n) is 7.85. The third kappa shape index (κ3) is 7.17. The highest BCUT2D eigenvalue weighted by atomic mass is 32.2. The molecule has 0 aromatic heterocycles. The number of benzene rings is 5. The van der Waals surface area contributed by atoms with E-state index in [1.54, 1.807) is 6.08 Å². The van der Waals surface area contributed by atoms with Crippen LogP contribution in [0.1, 0.15) is 22.3 Å². The number of nitrogens with zero attached hydrogens (tertiary/aromatic N) is 1. The number of rotatable bonds is 8. The van der Waals surface area contributed by atoms with Crippen LogP contribution in [0, 0.1) is 0 Å². The average molecular weight is 696 g/mol. The minimum absolute atomic E-state index is 0.0137. The fourth-order valence-electron chi connectivity index (χ4n) is 5.47. The highest BCUT2D eigenvalue weighted by Crippen LogP contribution is 2.46. The van der Waals surface area contributed by atoms with E-state index < -0.39 is 41.0 Å². The molecule has 248 valence electrons. The second-order valence-corrected chi connectivity index (χ2v) is 14.3. The van der Waals surface area contributed by atoms with Gasteiger partial charge in [-0.1, -0.05) is 60.7 Å². The molecule has 0 radical (unpaired) electrons. The molecule has 49 heavy (non-hydrogen) atoms. The van der Waals surface area contributed by atoms with Crippen LogP contribution in [0.5, 0.6) is 5.75 Å². The molecule has 0 saturated heterocycles. The van der Waals surface area contributed by atoms with Crippen LogP contribution < -0.4 is 10.3 Å². The molecule has 4 aromatic carbocycles. The molecule has 0 bridgehead atoms. The molecule has 0 saturated carbocycles. The summed E-state index contributed by atoms with van der Waals surface area (Å²) < 4.78 is 78.2. The molecule has 2 aliphatic rings. The molecule has 6 rings (SSSR count). The van der Waals surface area contributed by atoms with Crippen molar-refractivity contribution < 1.29 is 35.5 Å². The Bertz CT molecular complexity index is 2480. The van der Waals surface area contributed by atoms with E-state index in [9.17, 15) is 35.8 Å². The van der Waals surface area contributed by atoms with Gasteiger partial charge in [0.25, 0.3) is 20.2 Å². The molecule has 0 unspecified atom stereocenters. The van der Waals surface area contributed by atoms with Crippen molar-refractivity contribution in [3.63, 3.8) is 0 Å². The van der Waals surface area contributed by atoms with E-state index in [1.807, 2.05) is 79.7 Å². The van der Waals surface area contributed by atoms with Crippen LogP contribution in [-0.2, 0) is 20.2 Å². The Morgan fingerprint density at radius 1 is 0.612 bits per heavy atom. The van der Waals surface area contributed by atoms with Crippen LogP contribution in [-0.4, -0.2) is 45.1 Å². The lowest BCUT2D eigenvalue weighted by Gasteiger charge is -2.19. The topological polar surface area (TPSA) is 162 Å². The molecule has 0 atom stereocenters. The van der Waals surface area contributed by atoms with Crippen molar-refractivity contribution in [2.45, 2.75) is 9.79 Å². The molecule has 3 N–H and O–H groups in total. The van der Waals surface area contributed by atoms with Gasteiger partial charge >= 0.3 is 0 Å². The number of phenolic OH excluding ortho intramolecular Hbond substituents is 1. The zero-order chi connectivity index (χ0) is 35.1. The molecular formula is C37H29NO9S2. The second-order valence-electron chi connectivity index (χ2n) is 11.5. The molecule has 12 heteroatoms. The minimum Gasteiger partial charge on any atom is -0.508 e. The Morgan fingerprint density at radius 3 is 1.63 bits per heavy atom. The van der Waals surface area contributed by atoms with Gasteiger partial charge in [0, 0.05) is 54.0 Å². The molecule has 0 spiro atoms. The van der Waals surface area contributed by atoms with Gasteiger partial charge in [-0.2, -0.15) is 16.8 Å². The van der Waals surface area contributed by atoms with E-state index >= 15 is 0 Å². The van der Waals surface area contributed by atoms with Crippen LogP contribution in [0.25, 0.3) is 57.7 Å². The van der Waals surface area contributed by atoms with Crippen LogP contribution in [0.4, 0.5) is 5.69 Å².